The molecule has 0 aliphatic heterocycles. The zero-order valence-electron chi connectivity index (χ0n) is 15.8. The fraction of sp³-hybridized carbons (Fsp3) is 0.238. The molecule has 1 N–H and O–H groups in total. The van der Waals surface area contributed by atoms with Crippen LogP contribution in [0.4, 0.5) is 5.00 Å². The summed E-state index contributed by atoms with van der Waals surface area (Å²) >= 11 is 1.36. The Bertz CT molecular complexity index is 1130. The number of thiophene rings is 1. The van der Waals surface area contributed by atoms with Gasteiger partial charge in [-0.1, -0.05) is 18.2 Å². The number of rotatable bonds is 5. The normalized spacial score (nSPS) is 12.4. The van der Waals surface area contributed by atoms with Crippen molar-refractivity contribution in [3.63, 3.8) is 0 Å². The van der Waals surface area contributed by atoms with Crippen molar-refractivity contribution < 1.29 is 14.3 Å². The van der Waals surface area contributed by atoms with E-state index < -0.39 is 17.3 Å². The molecule has 3 aromatic rings. The Balaban J connectivity index is 1.67. The van der Waals surface area contributed by atoms with Gasteiger partial charge in [-0.3, -0.25) is 9.59 Å². The number of esters is 1. The molecule has 1 aromatic carbocycles. The molecule has 2 heterocycles. The van der Waals surface area contributed by atoms with Crippen LogP contribution < -0.4 is 10.7 Å². The van der Waals surface area contributed by atoms with Gasteiger partial charge in [-0.2, -0.15) is 5.10 Å². The van der Waals surface area contributed by atoms with E-state index >= 15 is 0 Å². The van der Waals surface area contributed by atoms with Crippen LogP contribution in [0.5, 0.6) is 0 Å². The molecule has 1 aliphatic carbocycles. The van der Waals surface area contributed by atoms with Crippen molar-refractivity contribution in [1.29, 1.82) is 0 Å². The molecule has 0 fully saturated rings. The largest absolute Gasteiger partial charge is 0.462 e. The standard InChI is InChI=1S/C21H19N3O4S/c1-2-28-21(27)17-14-9-6-10-16(14)29-20(17)22-19(26)18-15(25)11-12-24(23-18)13-7-4-3-5-8-13/h3-5,7-8,11-12H,2,6,9-10H2,1H3,(H,22,26). The molecule has 1 amide bonds. The number of aryl methyl sites for hydroxylation is 1. The van der Waals surface area contributed by atoms with E-state index in [0.29, 0.717) is 10.6 Å². The molecule has 0 bridgehead atoms. The average molecular weight is 409 g/mol. The van der Waals surface area contributed by atoms with Crippen molar-refractivity contribution >= 4 is 28.2 Å². The van der Waals surface area contributed by atoms with E-state index in [1.807, 2.05) is 30.3 Å². The molecule has 0 unspecified atom stereocenters. The van der Waals surface area contributed by atoms with Gasteiger partial charge in [0.25, 0.3) is 5.91 Å². The predicted molar refractivity (Wildman–Crippen MR) is 110 cm³/mol. The van der Waals surface area contributed by atoms with E-state index in [2.05, 4.69) is 10.4 Å². The number of fused-ring (bicyclic) bond motifs is 1. The lowest BCUT2D eigenvalue weighted by molar-refractivity contribution is 0.0527. The minimum absolute atomic E-state index is 0.236. The highest BCUT2D eigenvalue weighted by molar-refractivity contribution is 7.17. The Kier molecular flexibility index (Phi) is 5.26. The van der Waals surface area contributed by atoms with Gasteiger partial charge in [0, 0.05) is 17.1 Å². The van der Waals surface area contributed by atoms with Gasteiger partial charge in [-0.05, 0) is 43.9 Å². The molecule has 7 nitrogen and oxygen atoms in total. The van der Waals surface area contributed by atoms with Gasteiger partial charge in [0.2, 0.25) is 5.43 Å². The van der Waals surface area contributed by atoms with Gasteiger partial charge < -0.3 is 10.1 Å². The van der Waals surface area contributed by atoms with Crippen LogP contribution in [0.1, 0.15) is 44.6 Å². The second-order valence-electron chi connectivity index (χ2n) is 6.54. The van der Waals surface area contributed by atoms with Gasteiger partial charge in [0.05, 0.1) is 17.9 Å². The van der Waals surface area contributed by atoms with Crippen molar-refractivity contribution in [3.8, 4) is 5.69 Å². The van der Waals surface area contributed by atoms with Crippen LogP contribution in [0.3, 0.4) is 0 Å². The van der Waals surface area contributed by atoms with Crippen molar-refractivity contribution in [2.75, 3.05) is 11.9 Å². The zero-order chi connectivity index (χ0) is 20.4. The van der Waals surface area contributed by atoms with Gasteiger partial charge in [0.1, 0.15) is 5.00 Å². The van der Waals surface area contributed by atoms with Crippen LogP contribution in [0.2, 0.25) is 0 Å². The molecule has 0 saturated carbocycles. The van der Waals surface area contributed by atoms with E-state index in [9.17, 15) is 14.4 Å². The first-order valence-corrected chi connectivity index (χ1v) is 10.2. The van der Waals surface area contributed by atoms with Crippen molar-refractivity contribution in [3.05, 3.63) is 74.5 Å². The lowest BCUT2D eigenvalue weighted by Crippen LogP contribution is -2.26. The summed E-state index contributed by atoms with van der Waals surface area (Å²) < 4.78 is 6.64. The fourth-order valence-electron chi connectivity index (χ4n) is 3.36. The number of carbonyl (C=O) groups excluding carboxylic acids is 2. The summed E-state index contributed by atoms with van der Waals surface area (Å²) in [5, 5.41) is 7.32. The molecule has 0 saturated heterocycles. The first-order valence-electron chi connectivity index (χ1n) is 9.37. The van der Waals surface area contributed by atoms with Crippen LogP contribution >= 0.6 is 11.3 Å². The molecule has 0 spiro atoms. The second-order valence-corrected chi connectivity index (χ2v) is 7.65. The van der Waals surface area contributed by atoms with Gasteiger partial charge in [0.15, 0.2) is 5.69 Å². The smallest absolute Gasteiger partial charge is 0.341 e. The highest BCUT2D eigenvalue weighted by Gasteiger charge is 2.29. The molecule has 2 aromatic heterocycles. The summed E-state index contributed by atoms with van der Waals surface area (Å²) in [6.45, 7) is 1.99. The molecule has 1 aliphatic rings. The molecule has 0 radical (unpaired) electrons. The Hall–Kier alpha value is -3.26. The zero-order valence-corrected chi connectivity index (χ0v) is 16.6. The monoisotopic (exact) mass is 409 g/mol. The van der Waals surface area contributed by atoms with Gasteiger partial charge >= 0.3 is 5.97 Å². The summed E-state index contributed by atoms with van der Waals surface area (Å²) in [6.07, 6.45) is 4.13. The SMILES string of the molecule is CCOC(=O)c1c(NC(=O)c2nn(-c3ccccc3)ccc2=O)sc2c1CCC2. The average Bonchev–Trinajstić information content (AvgIpc) is 3.29. The number of anilines is 1. The minimum atomic E-state index is -0.647. The van der Waals surface area contributed by atoms with Gasteiger partial charge in [-0.25, -0.2) is 9.48 Å². The van der Waals surface area contributed by atoms with Crippen molar-refractivity contribution in [1.82, 2.24) is 9.78 Å². The number of hydrogen-bond acceptors (Lipinski definition) is 6. The number of hydrogen-bond donors (Lipinski definition) is 1. The summed E-state index contributed by atoms with van der Waals surface area (Å²) in [4.78, 5) is 38.7. The number of para-hydroxylation sites is 1. The summed E-state index contributed by atoms with van der Waals surface area (Å²) in [6, 6.07) is 10.5. The maximum atomic E-state index is 12.8. The predicted octanol–water partition coefficient (Wildman–Crippen LogP) is 3.21. The number of benzene rings is 1. The van der Waals surface area contributed by atoms with E-state index in [-0.39, 0.29) is 12.3 Å². The molecule has 0 atom stereocenters. The fourth-order valence-corrected chi connectivity index (χ4v) is 4.64. The molecule has 4 rings (SSSR count). The Morgan fingerprint density at radius 3 is 2.76 bits per heavy atom. The van der Waals surface area contributed by atoms with Crippen LogP contribution in [-0.2, 0) is 17.6 Å². The van der Waals surface area contributed by atoms with Crippen LogP contribution in [0, 0.1) is 0 Å². The minimum Gasteiger partial charge on any atom is -0.462 e. The highest BCUT2D eigenvalue weighted by atomic mass is 32.1. The number of nitrogens with zero attached hydrogens (tertiary/aromatic N) is 2. The number of nitrogens with one attached hydrogen (secondary N) is 1. The number of aromatic nitrogens is 2. The molecule has 29 heavy (non-hydrogen) atoms. The van der Waals surface area contributed by atoms with E-state index in [0.717, 1.165) is 35.4 Å². The van der Waals surface area contributed by atoms with Crippen LogP contribution in [0.25, 0.3) is 5.69 Å². The lowest BCUT2D eigenvalue weighted by atomic mass is 10.1. The Morgan fingerprint density at radius 2 is 2.00 bits per heavy atom. The number of ether oxygens (including phenoxy) is 1. The third-order valence-electron chi connectivity index (χ3n) is 4.67. The third kappa shape index (κ3) is 3.71. The van der Waals surface area contributed by atoms with E-state index in [1.54, 1.807) is 6.92 Å². The topological polar surface area (TPSA) is 90.3 Å². The molecular weight excluding hydrogens is 390 g/mol. The third-order valence-corrected chi connectivity index (χ3v) is 5.88. The van der Waals surface area contributed by atoms with Crippen molar-refractivity contribution in [2.45, 2.75) is 26.2 Å². The number of amides is 1. The van der Waals surface area contributed by atoms with Crippen LogP contribution in [-0.4, -0.2) is 28.3 Å². The van der Waals surface area contributed by atoms with Crippen molar-refractivity contribution in [2.24, 2.45) is 0 Å². The first-order chi connectivity index (χ1) is 14.1. The highest BCUT2D eigenvalue weighted by Crippen LogP contribution is 2.39. The maximum absolute atomic E-state index is 12.8. The summed E-state index contributed by atoms with van der Waals surface area (Å²) in [5.41, 5.74) is 1.34. The lowest BCUT2D eigenvalue weighted by Gasteiger charge is -2.09. The first kappa shape index (κ1) is 19.1. The van der Waals surface area contributed by atoms with Gasteiger partial charge in [-0.15, -0.1) is 11.3 Å². The van der Waals surface area contributed by atoms with Crippen LogP contribution in [0.15, 0.2) is 47.4 Å². The second kappa shape index (κ2) is 8.00. The summed E-state index contributed by atoms with van der Waals surface area (Å²) in [7, 11) is 0. The molecule has 148 valence electrons. The van der Waals surface area contributed by atoms with E-state index in [4.69, 9.17) is 4.74 Å². The van der Waals surface area contributed by atoms with E-state index in [1.165, 1.54) is 28.3 Å². The summed E-state index contributed by atoms with van der Waals surface area (Å²) in [5.74, 6) is -1.10. The number of carbonyl (C=O) groups is 2. The molecule has 8 heteroatoms. The quantitative estimate of drug-likeness (QED) is 0.654. The maximum Gasteiger partial charge on any atom is 0.341 e. The Morgan fingerprint density at radius 1 is 1.21 bits per heavy atom. The molecular formula is C21H19N3O4S. The Labute approximate surface area is 171 Å².